The number of hydrogen-bond acceptors (Lipinski definition) is 4. The first-order valence-corrected chi connectivity index (χ1v) is 13.6. The van der Waals surface area contributed by atoms with Crippen LogP contribution < -0.4 is 0 Å². The van der Waals surface area contributed by atoms with Gasteiger partial charge in [-0.05, 0) is 91.3 Å². The van der Waals surface area contributed by atoms with Gasteiger partial charge in [-0.2, -0.15) is 0 Å². The third-order valence-corrected chi connectivity index (χ3v) is 11.7. The van der Waals surface area contributed by atoms with E-state index in [-0.39, 0.29) is 40.3 Å². The number of fused-ring (bicyclic) bond motifs is 4. The van der Waals surface area contributed by atoms with Gasteiger partial charge in [0.15, 0.2) is 5.78 Å². The topological polar surface area (TPSA) is 77.8 Å². The molecule has 4 aliphatic rings. The van der Waals surface area contributed by atoms with E-state index in [1.165, 1.54) is 5.57 Å². The molecular weight excluding hydrogens is 424 g/mol. The Labute approximate surface area is 206 Å². The number of aliphatic hydroxyl groups is 3. The third-order valence-electron chi connectivity index (χ3n) is 11.7. The summed E-state index contributed by atoms with van der Waals surface area (Å²) in [5.74, 6) is 1.06. The van der Waals surface area contributed by atoms with Crippen molar-refractivity contribution >= 4 is 5.78 Å². The largest absolute Gasteiger partial charge is 0.393 e. The number of rotatable bonds is 5. The number of carbonyl (C=O) groups is 1. The maximum Gasteiger partial charge on any atom is 0.159 e. The minimum atomic E-state index is -0.468. The van der Waals surface area contributed by atoms with E-state index in [0.29, 0.717) is 30.5 Å². The quantitative estimate of drug-likeness (QED) is 0.455. The lowest BCUT2D eigenvalue weighted by Crippen LogP contribution is -2.57. The van der Waals surface area contributed by atoms with Crippen LogP contribution in [0.2, 0.25) is 0 Å². The summed E-state index contributed by atoms with van der Waals surface area (Å²) in [6.45, 7) is 15.5. The van der Waals surface area contributed by atoms with Crippen LogP contribution in [0.1, 0.15) is 99.8 Å². The smallest absolute Gasteiger partial charge is 0.159 e. The van der Waals surface area contributed by atoms with Gasteiger partial charge in [0.2, 0.25) is 0 Å². The number of carbonyl (C=O) groups excluding carboxylic acids is 1. The van der Waals surface area contributed by atoms with Gasteiger partial charge in [0.25, 0.3) is 0 Å². The van der Waals surface area contributed by atoms with Gasteiger partial charge in [-0.3, -0.25) is 4.79 Å². The van der Waals surface area contributed by atoms with Crippen molar-refractivity contribution in [2.24, 2.45) is 39.4 Å². The molecule has 0 aromatic carbocycles. The van der Waals surface area contributed by atoms with E-state index in [1.54, 1.807) is 0 Å². The SMILES string of the molecule is C/C(=C/C[C@@H](O)[C@@H](C)[C@@H]1CC[C@]2(C)C3=C(C(=O)C[C@@]12C)[C@@]1(C)CC[C@H](O)C(C)(C)C1CC3)CO. The van der Waals surface area contributed by atoms with Crippen LogP contribution in [0.15, 0.2) is 22.8 Å². The van der Waals surface area contributed by atoms with Crippen molar-refractivity contribution in [1.82, 2.24) is 0 Å². The van der Waals surface area contributed by atoms with E-state index in [4.69, 9.17) is 0 Å². The number of aliphatic hydroxyl groups excluding tert-OH is 3. The Kier molecular flexibility index (Phi) is 6.57. The molecule has 0 aromatic rings. The zero-order valence-corrected chi connectivity index (χ0v) is 22.6. The van der Waals surface area contributed by atoms with Crippen molar-refractivity contribution in [3.8, 4) is 0 Å². The average molecular weight is 473 g/mol. The predicted octanol–water partition coefficient (Wildman–Crippen LogP) is 5.60. The van der Waals surface area contributed by atoms with E-state index in [0.717, 1.165) is 49.7 Å². The Hall–Kier alpha value is -0.970. The third kappa shape index (κ3) is 3.53. The van der Waals surface area contributed by atoms with Crippen LogP contribution in [0.4, 0.5) is 0 Å². The van der Waals surface area contributed by atoms with Crippen LogP contribution in [0.3, 0.4) is 0 Å². The summed E-state index contributed by atoms with van der Waals surface area (Å²) in [6.07, 6.45) is 8.11. The molecule has 0 heterocycles. The summed E-state index contributed by atoms with van der Waals surface area (Å²) in [4.78, 5) is 14.0. The molecule has 4 heteroatoms. The maximum atomic E-state index is 14.0. The molecule has 0 aromatic heterocycles. The summed E-state index contributed by atoms with van der Waals surface area (Å²) < 4.78 is 0. The number of ketones is 1. The molecule has 34 heavy (non-hydrogen) atoms. The second-order valence-electron chi connectivity index (χ2n) is 13.6. The van der Waals surface area contributed by atoms with Crippen LogP contribution >= 0.6 is 0 Å². The summed E-state index contributed by atoms with van der Waals surface area (Å²) in [5.41, 5.74) is 2.95. The highest BCUT2D eigenvalue weighted by molar-refractivity contribution is 6.00. The van der Waals surface area contributed by atoms with Crippen LogP contribution in [0, 0.1) is 39.4 Å². The molecule has 8 atom stereocenters. The maximum absolute atomic E-state index is 14.0. The summed E-state index contributed by atoms with van der Waals surface area (Å²) in [7, 11) is 0. The van der Waals surface area contributed by atoms with Crippen molar-refractivity contribution in [2.45, 2.75) is 112 Å². The van der Waals surface area contributed by atoms with Crippen LogP contribution in [-0.4, -0.2) is 39.9 Å². The first-order valence-electron chi connectivity index (χ1n) is 13.6. The van der Waals surface area contributed by atoms with Crippen molar-refractivity contribution in [1.29, 1.82) is 0 Å². The second kappa shape index (κ2) is 8.56. The molecule has 1 unspecified atom stereocenters. The lowest BCUT2D eigenvalue weighted by molar-refractivity contribution is -0.132. The van der Waals surface area contributed by atoms with Crippen molar-refractivity contribution < 1.29 is 20.1 Å². The van der Waals surface area contributed by atoms with Gasteiger partial charge >= 0.3 is 0 Å². The first-order chi connectivity index (χ1) is 15.7. The molecular formula is C30H48O4. The highest BCUT2D eigenvalue weighted by atomic mass is 16.3. The molecule has 2 saturated carbocycles. The second-order valence-corrected chi connectivity index (χ2v) is 13.6. The standard InChI is InChI=1S/C30H48O4/c1-18(17-31)8-10-22(32)19(2)20-12-15-29(6)21-9-11-24-27(3,4)25(34)13-14-28(24,5)26(21)23(33)16-30(20,29)7/h8,19-20,22,24-25,31-32,34H,9-17H2,1-7H3/b18-8-/t19-,20-,22+,24?,25-,28-,29+,30-/m0/s1. The molecule has 192 valence electrons. The van der Waals surface area contributed by atoms with E-state index in [9.17, 15) is 20.1 Å². The van der Waals surface area contributed by atoms with Gasteiger partial charge in [0.05, 0.1) is 18.8 Å². The molecule has 4 rings (SSSR count). The Morgan fingerprint density at radius 3 is 2.44 bits per heavy atom. The van der Waals surface area contributed by atoms with Gasteiger partial charge in [0.1, 0.15) is 0 Å². The minimum absolute atomic E-state index is 0.0140. The molecule has 0 aliphatic heterocycles. The van der Waals surface area contributed by atoms with Crippen molar-refractivity contribution in [2.75, 3.05) is 6.61 Å². The van der Waals surface area contributed by atoms with E-state index in [2.05, 4.69) is 41.5 Å². The highest BCUT2D eigenvalue weighted by Gasteiger charge is 2.65. The van der Waals surface area contributed by atoms with E-state index >= 15 is 0 Å². The average Bonchev–Trinajstić information content (AvgIpc) is 3.05. The molecule has 0 bridgehead atoms. The minimum Gasteiger partial charge on any atom is -0.393 e. The van der Waals surface area contributed by atoms with E-state index < -0.39 is 6.10 Å². The Morgan fingerprint density at radius 2 is 1.79 bits per heavy atom. The molecule has 2 fully saturated rings. The monoisotopic (exact) mass is 472 g/mol. The molecule has 4 aliphatic carbocycles. The Balaban J connectivity index is 1.70. The van der Waals surface area contributed by atoms with Gasteiger partial charge < -0.3 is 15.3 Å². The molecule has 0 radical (unpaired) electrons. The molecule has 0 spiro atoms. The lowest BCUT2D eigenvalue weighted by atomic mass is 9.43. The Bertz CT molecular complexity index is 899. The summed E-state index contributed by atoms with van der Waals surface area (Å²) >= 11 is 0. The number of allylic oxidation sites excluding steroid dienone is 2. The summed E-state index contributed by atoms with van der Waals surface area (Å²) in [6, 6.07) is 0. The lowest BCUT2D eigenvalue weighted by Gasteiger charge is -2.61. The molecule has 4 nitrogen and oxygen atoms in total. The first kappa shape index (κ1) is 26.1. The normalized spacial score (nSPS) is 43.8. The fourth-order valence-corrected chi connectivity index (χ4v) is 9.24. The number of Topliss-reactive ketones (excluding diaryl/α,β-unsaturated/α-hetero) is 1. The number of hydrogen-bond donors (Lipinski definition) is 3. The van der Waals surface area contributed by atoms with E-state index in [1.807, 2.05) is 13.0 Å². The highest BCUT2D eigenvalue weighted by Crippen LogP contribution is 2.71. The Morgan fingerprint density at radius 1 is 1.12 bits per heavy atom. The summed E-state index contributed by atoms with van der Waals surface area (Å²) in [5, 5.41) is 31.1. The van der Waals surface area contributed by atoms with Crippen LogP contribution in [0.5, 0.6) is 0 Å². The van der Waals surface area contributed by atoms with Gasteiger partial charge in [-0.15, -0.1) is 0 Å². The molecule has 3 N–H and O–H groups in total. The zero-order chi connectivity index (χ0) is 25.3. The predicted molar refractivity (Wildman–Crippen MR) is 136 cm³/mol. The van der Waals surface area contributed by atoms with Gasteiger partial charge in [0, 0.05) is 12.0 Å². The molecule has 0 amide bonds. The van der Waals surface area contributed by atoms with Crippen LogP contribution in [0.25, 0.3) is 0 Å². The van der Waals surface area contributed by atoms with Gasteiger partial charge in [-0.25, -0.2) is 0 Å². The van der Waals surface area contributed by atoms with Crippen LogP contribution in [-0.2, 0) is 4.79 Å². The fourth-order valence-electron chi connectivity index (χ4n) is 9.24. The fraction of sp³-hybridized carbons (Fsp3) is 0.833. The van der Waals surface area contributed by atoms with Crippen molar-refractivity contribution in [3.05, 3.63) is 22.8 Å². The molecule has 0 saturated heterocycles. The van der Waals surface area contributed by atoms with Crippen molar-refractivity contribution in [3.63, 3.8) is 0 Å². The zero-order valence-electron chi connectivity index (χ0n) is 22.6. The van der Waals surface area contributed by atoms with Gasteiger partial charge in [-0.1, -0.05) is 58.8 Å².